The third kappa shape index (κ3) is 6.21. The van der Waals surface area contributed by atoms with Crippen molar-refractivity contribution in [3.8, 4) is 0 Å². The van der Waals surface area contributed by atoms with E-state index in [1.165, 1.54) is 0 Å². The zero-order chi connectivity index (χ0) is 17.9. The summed E-state index contributed by atoms with van der Waals surface area (Å²) in [5.41, 5.74) is 0. The van der Waals surface area contributed by atoms with Crippen molar-refractivity contribution in [1.29, 1.82) is 0 Å². The third-order valence-corrected chi connectivity index (χ3v) is 4.44. The van der Waals surface area contributed by atoms with E-state index in [2.05, 4.69) is 17.1 Å². The van der Waals surface area contributed by atoms with E-state index in [9.17, 15) is 19.5 Å². The molecule has 0 aromatic heterocycles. The van der Waals surface area contributed by atoms with Crippen LogP contribution in [0.4, 0.5) is 0 Å². The SMILES string of the molecule is CCN1CCN(C(=O)C(CC(C)C)NC(=O)C2OC2C(=O)[O-])CC1.[Na+]. The number of carboxylic acids is 1. The van der Waals surface area contributed by atoms with Crippen LogP contribution in [0.25, 0.3) is 0 Å². The minimum atomic E-state index is -1.41. The molecule has 0 spiro atoms. The number of piperazine rings is 1. The van der Waals surface area contributed by atoms with Crippen molar-refractivity contribution in [2.75, 3.05) is 32.7 Å². The van der Waals surface area contributed by atoms with E-state index in [1.807, 2.05) is 13.8 Å². The minimum Gasteiger partial charge on any atom is -0.547 e. The first-order valence-corrected chi connectivity index (χ1v) is 8.51. The minimum absolute atomic E-state index is 0. The van der Waals surface area contributed by atoms with E-state index in [-0.39, 0.29) is 41.4 Å². The molecule has 0 aliphatic carbocycles. The molecule has 2 aliphatic rings. The van der Waals surface area contributed by atoms with E-state index >= 15 is 0 Å². The van der Waals surface area contributed by atoms with Gasteiger partial charge in [0.1, 0.15) is 12.1 Å². The zero-order valence-electron chi connectivity index (χ0n) is 15.5. The van der Waals surface area contributed by atoms with Gasteiger partial charge in [0.15, 0.2) is 6.10 Å². The van der Waals surface area contributed by atoms with Gasteiger partial charge in [-0.05, 0) is 18.9 Å². The number of epoxide rings is 1. The Morgan fingerprint density at radius 3 is 2.20 bits per heavy atom. The number of nitrogens with zero attached hydrogens (tertiary/aromatic N) is 2. The molecular weight excluding hydrogens is 337 g/mol. The molecule has 2 fully saturated rings. The van der Waals surface area contributed by atoms with Gasteiger partial charge in [-0.25, -0.2) is 0 Å². The van der Waals surface area contributed by atoms with E-state index in [0.29, 0.717) is 19.5 Å². The largest absolute Gasteiger partial charge is 1.00 e. The first-order valence-electron chi connectivity index (χ1n) is 8.51. The topological polar surface area (TPSA) is 105 Å². The number of rotatable bonds is 7. The summed E-state index contributed by atoms with van der Waals surface area (Å²) in [5, 5.41) is 13.3. The molecule has 0 aromatic carbocycles. The van der Waals surface area contributed by atoms with E-state index in [0.717, 1.165) is 19.6 Å². The molecule has 0 saturated carbocycles. The van der Waals surface area contributed by atoms with Crippen LogP contribution >= 0.6 is 0 Å². The number of aliphatic carboxylic acids is 1. The average molecular weight is 363 g/mol. The van der Waals surface area contributed by atoms with Gasteiger partial charge in [-0.2, -0.15) is 0 Å². The molecule has 0 radical (unpaired) electrons. The number of hydrogen-bond acceptors (Lipinski definition) is 6. The van der Waals surface area contributed by atoms with Crippen LogP contribution in [0, 0.1) is 5.92 Å². The van der Waals surface area contributed by atoms with Crippen molar-refractivity contribution >= 4 is 17.8 Å². The number of hydrogen-bond donors (Lipinski definition) is 1. The van der Waals surface area contributed by atoms with Crippen LogP contribution in [0.2, 0.25) is 0 Å². The summed E-state index contributed by atoms with van der Waals surface area (Å²) in [4.78, 5) is 39.6. The summed E-state index contributed by atoms with van der Waals surface area (Å²) in [6.07, 6.45) is -1.75. The monoisotopic (exact) mass is 363 g/mol. The Bertz CT molecular complexity index is 494. The quantitative estimate of drug-likeness (QED) is 0.360. The first-order chi connectivity index (χ1) is 11.3. The van der Waals surface area contributed by atoms with E-state index in [1.54, 1.807) is 4.90 Å². The van der Waals surface area contributed by atoms with E-state index < -0.39 is 30.1 Å². The predicted octanol–water partition coefficient (Wildman–Crippen LogP) is -4.80. The Morgan fingerprint density at radius 1 is 1.16 bits per heavy atom. The van der Waals surface area contributed by atoms with Crippen LogP contribution in [0.15, 0.2) is 0 Å². The van der Waals surface area contributed by atoms with Gasteiger partial charge >= 0.3 is 29.6 Å². The van der Waals surface area contributed by atoms with Crippen LogP contribution < -0.4 is 40.0 Å². The molecule has 3 atom stereocenters. The van der Waals surface area contributed by atoms with Crippen molar-refractivity contribution < 1.29 is 53.8 Å². The van der Waals surface area contributed by atoms with Gasteiger partial charge in [-0.1, -0.05) is 20.8 Å². The third-order valence-electron chi connectivity index (χ3n) is 4.44. The van der Waals surface area contributed by atoms with Crippen molar-refractivity contribution in [2.24, 2.45) is 5.92 Å². The summed E-state index contributed by atoms with van der Waals surface area (Å²) in [5.74, 6) is -1.86. The average Bonchev–Trinajstić information content (AvgIpc) is 3.34. The summed E-state index contributed by atoms with van der Waals surface area (Å²) in [6.45, 7) is 9.90. The van der Waals surface area contributed by atoms with Crippen LogP contribution in [-0.4, -0.2) is 78.6 Å². The molecule has 8 nitrogen and oxygen atoms in total. The molecule has 2 aliphatic heterocycles. The van der Waals surface area contributed by atoms with Gasteiger partial charge < -0.3 is 29.8 Å². The molecule has 1 N–H and O–H groups in total. The smallest absolute Gasteiger partial charge is 0.547 e. The molecule has 2 saturated heterocycles. The number of likely N-dealkylation sites (N-methyl/N-ethyl adjacent to an activating group) is 1. The summed E-state index contributed by atoms with van der Waals surface area (Å²) in [6, 6.07) is -0.655. The molecule has 0 aromatic rings. The Hall–Kier alpha value is -0.670. The van der Waals surface area contributed by atoms with Crippen molar-refractivity contribution in [3.05, 3.63) is 0 Å². The standard InChI is InChI=1S/C16H27N3O5.Na/c1-4-18-5-7-19(8-6-18)15(21)11(9-10(2)3)17-14(20)12-13(24-12)16(22)23;/h10-13H,4-9H2,1-3H3,(H,17,20)(H,22,23);/q;+1/p-1. The molecule has 2 heterocycles. The molecule has 25 heavy (non-hydrogen) atoms. The molecular formula is C16H26N3NaO5. The Kier molecular flexibility index (Phi) is 8.83. The molecule has 2 rings (SSSR count). The number of carboxylic acid groups (broad SMARTS) is 1. The van der Waals surface area contributed by atoms with Gasteiger partial charge in [0.05, 0.1) is 5.97 Å². The maximum Gasteiger partial charge on any atom is 1.00 e. The number of ether oxygens (including phenoxy) is 1. The van der Waals surface area contributed by atoms with Gasteiger partial charge in [-0.15, -0.1) is 0 Å². The summed E-state index contributed by atoms with van der Waals surface area (Å²) in [7, 11) is 0. The number of carbonyl (C=O) groups excluding carboxylic acids is 3. The van der Waals surface area contributed by atoms with E-state index in [4.69, 9.17) is 4.74 Å². The normalized spacial score (nSPS) is 24.4. The van der Waals surface area contributed by atoms with Crippen LogP contribution in [-0.2, 0) is 19.1 Å². The second-order valence-corrected chi connectivity index (χ2v) is 6.75. The fourth-order valence-corrected chi connectivity index (χ4v) is 2.94. The molecule has 0 bridgehead atoms. The molecule has 2 amide bonds. The van der Waals surface area contributed by atoms with Crippen molar-refractivity contribution in [3.63, 3.8) is 0 Å². The number of amides is 2. The number of carbonyl (C=O) groups is 3. The second-order valence-electron chi connectivity index (χ2n) is 6.75. The van der Waals surface area contributed by atoms with Crippen molar-refractivity contribution in [1.82, 2.24) is 15.1 Å². The summed E-state index contributed by atoms with van der Waals surface area (Å²) < 4.78 is 4.79. The van der Waals surface area contributed by atoms with Crippen molar-refractivity contribution in [2.45, 2.75) is 45.4 Å². The fourth-order valence-electron chi connectivity index (χ4n) is 2.94. The molecule has 136 valence electrons. The zero-order valence-corrected chi connectivity index (χ0v) is 17.5. The Balaban J connectivity index is 0.00000312. The molecule has 3 unspecified atom stereocenters. The molecule has 9 heteroatoms. The second kappa shape index (κ2) is 9.87. The Labute approximate surface area is 170 Å². The van der Waals surface area contributed by atoms with Crippen LogP contribution in [0.5, 0.6) is 0 Å². The van der Waals surface area contributed by atoms with Gasteiger partial charge in [0.25, 0.3) is 5.91 Å². The summed E-state index contributed by atoms with van der Waals surface area (Å²) >= 11 is 0. The van der Waals surface area contributed by atoms with Gasteiger partial charge in [0.2, 0.25) is 5.91 Å². The fraction of sp³-hybridized carbons (Fsp3) is 0.812. The maximum absolute atomic E-state index is 12.7. The predicted molar refractivity (Wildman–Crippen MR) is 83.7 cm³/mol. The maximum atomic E-state index is 12.7. The number of nitrogens with one attached hydrogen (secondary N) is 1. The van der Waals surface area contributed by atoms with Gasteiger partial charge in [-0.3, -0.25) is 9.59 Å². The Morgan fingerprint density at radius 2 is 1.76 bits per heavy atom. The van der Waals surface area contributed by atoms with Crippen LogP contribution in [0.3, 0.4) is 0 Å². The van der Waals surface area contributed by atoms with Gasteiger partial charge in [0, 0.05) is 26.2 Å². The van der Waals surface area contributed by atoms with Crippen LogP contribution in [0.1, 0.15) is 27.2 Å². The first kappa shape index (κ1) is 22.4.